The molecule has 1 N–H and O–H groups in total. The minimum absolute atomic E-state index is 0.0622. The summed E-state index contributed by atoms with van der Waals surface area (Å²) in [4.78, 5) is 33.6. The van der Waals surface area contributed by atoms with Gasteiger partial charge < -0.3 is 14.9 Å². The molecule has 7 heteroatoms. The predicted octanol–water partition coefficient (Wildman–Crippen LogP) is 2.42. The minimum atomic E-state index is -1.04. The Labute approximate surface area is 170 Å². The predicted molar refractivity (Wildman–Crippen MR) is 112 cm³/mol. The first-order valence-corrected chi connectivity index (χ1v) is 10.6. The van der Waals surface area contributed by atoms with Crippen LogP contribution in [0.25, 0.3) is 0 Å². The number of piperidine rings is 1. The number of hydrogen-bond acceptors (Lipinski definition) is 4. The van der Waals surface area contributed by atoms with Gasteiger partial charge in [0.1, 0.15) is 6.04 Å². The van der Waals surface area contributed by atoms with Crippen LogP contribution < -0.4 is 0 Å². The molecule has 2 fully saturated rings. The molecule has 0 unspecified atom stereocenters. The third-order valence-electron chi connectivity index (χ3n) is 6.07. The number of nitrogens with zero attached hydrogens (tertiary/aromatic N) is 4. The van der Waals surface area contributed by atoms with Crippen molar-refractivity contribution in [3.05, 3.63) is 0 Å². The summed E-state index contributed by atoms with van der Waals surface area (Å²) in [5.74, 6) is -0.0622. The maximum atomic E-state index is 13.5. The lowest BCUT2D eigenvalue weighted by atomic mass is 9.82. The van der Waals surface area contributed by atoms with Crippen LogP contribution >= 0.6 is 0 Å². The SMILES string of the molecule is CN1CCC(N2CCN(C(=O)[C@H](N(C(=O)O)C(C)(C)C)C(C)(C)C)CC2)CC1. The molecule has 0 spiro atoms. The van der Waals surface area contributed by atoms with Gasteiger partial charge in [-0.3, -0.25) is 14.6 Å². The third kappa shape index (κ3) is 5.38. The van der Waals surface area contributed by atoms with Gasteiger partial charge in [-0.2, -0.15) is 0 Å². The number of carboxylic acid groups (broad SMARTS) is 1. The molecule has 2 aliphatic heterocycles. The zero-order valence-corrected chi connectivity index (χ0v) is 18.9. The smallest absolute Gasteiger partial charge is 0.408 e. The van der Waals surface area contributed by atoms with Crippen LogP contribution in [0.2, 0.25) is 0 Å². The fourth-order valence-corrected chi connectivity index (χ4v) is 4.49. The molecule has 0 saturated carbocycles. The van der Waals surface area contributed by atoms with Crippen molar-refractivity contribution < 1.29 is 14.7 Å². The van der Waals surface area contributed by atoms with Gasteiger partial charge in [0.25, 0.3) is 0 Å². The quantitative estimate of drug-likeness (QED) is 0.794. The molecule has 7 nitrogen and oxygen atoms in total. The van der Waals surface area contributed by atoms with E-state index < -0.39 is 23.1 Å². The normalized spacial score (nSPS) is 22.2. The van der Waals surface area contributed by atoms with Crippen molar-refractivity contribution in [2.24, 2.45) is 5.41 Å². The van der Waals surface area contributed by atoms with Gasteiger partial charge in [-0.1, -0.05) is 20.8 Å². The topological polar surface area (TPSA) is 67.3 Å². The summed E-state index contributed by atoms with van der Waals surface area (Å²) in [5, 5.41) is 9.87. The Hall–Kier alpha value is -1.34. The van der Waals surface area contributed by atoms with Crippen molar-refractivity contribution in [2.45, 2.75) is 72.0 Å². The van der Waals surface area contributed by atoms with E-state index in [1.807, 2.05) is 46.4 Å². The summed E-state index contributed by atoms with van der Waals surface area (Å²) in [6, 6.07) is -0.0863. The number of amides is 2. The molecule has 2 saturated heterocycles. The zero-order chi connectivity index (χ0) is 21.3. The van der Waals surface area contributed by atoms with Gasteiger partial charge in [0.05, 0.1) is 0 Å². The Morgan fingerprint density at radius 2 is 1.43 bits per heavy atom. The maximum Gasteiger partial charge on any atom is 0.408 e. The number of piperazine rings is 1. The lowest BCUT2D eigenvalue weighted by molar-refractivity contribution is -0.145. The van der Waals surface area contributed by atoms with Crippen LogP contribution in [0.15, 0.2) is 0 Å². The van der Waals surface area contributed by atoms with Crippen molar-refractivity contribution in [1.82, 2.24) is 19.6 Å². The second-order valence-corrected chi connectivity index (χ2v) is 10.5. The number of rotatable bonds is 3. The largest absolute Gasteiger partial charge is 0.465 e. The Morgan fingerprint density at radius 3 is 1.82 bits per heavy atom. The Morgan fingerprint density at radius 1 is 0.929 bits per heavy atom. The van der Waals surface area contributed by atoms with Gasteiger partial charge in [0.2, 0.25) is 5.91 Å². The monoisotopic (exact) mass is 396 g/mol. The van der Waals surface area contributed by atoms with Crippen LogP contribution in [0.1, 0.15) is 54.4 Å². The Bertz CT molecular complexity index is 551. The van der Waals surface area contributed by atoms with Crippen LogP contribution in [0.5, 0.6) is 0 Å². The first-order chi connectivity index (χ1) is 12.8. The van der Waals surface area contributed by atoms with Gasteiger partial charge in [0.15, 0.2) is 0 Å². The fourth-order valence-electron chi connectivity index (χ4n) is 4.49. The molecular formula is C21H40N4O3. The molecule has 0 aliphatic carbocycles. The van der Waals surface area contributed by atoms with Gasteiger partial charge in [-0.15, -0.1) is 0 Å². The van der Waals surface area contributed by atoms with Gasteiger partial charge >= 0.3 is 6.09 Å². The van der Waals surface area contributed by atoms with Crippen LogP contribution in [0.4, 0.5) is 4.79 Å². The second kappa shape index (κ2) is 8.57. The summed E-state index contributed by atoms with van der Waals surface area (Å²) in [6.07, 6.45) is 1.34. The molecule has 2 aliphatic rings. The highest BCUT2D eigenvalue weighted by Crippen LogP contribution is 2.32. The first kappa shape index (κ1) is 22.9. The number of hydrogen-bond donors (Lipinski definition) is 1. The summed E-state index contributed by atoms with van der Waals surface area (Å²) in [5.41, 5.74) is -1.12. The summed E-state index contributed by atoms with van der Waals surface area (Å²) < 4.78 is 0. The number of carbonyl (C=O) groups excluding carboxylic acids is 1. The molecule has 2 rings (SSSR count). The molecule has 0 aromatic rings. The highest BCUT2D eigenvalue weighted by molar-refractivity contribution is 5.86. The molecule has 2 heterocycles. The molecule has 2 amide bonds. The summed E-state index contributed by atoms with van der Waals surface area (Å²) in [6.45, 7) is 16.8. The summed E-state index contributed by atoms with van der Waals surface area (Å²) >= 11 is 0. The lowest BCUT2D eigenvalue weighted by Crippen LogP contribution is -2.64. The Balaban J connectivity index is 2.09. The zero-order valence-electron chi connectivity index (χ0n) is 18.9. The fraction of sp³-hybridized carbons (Fsp3) is 0.905. The van der Waals surface area contributed by atoms with Crippen molar-refractivity contribution in [3.63, 3.8) is 0 Å². The van der Waals surface area contributed by atoms with E-state index in [-0.39, 0.29) is 5.91 Å². The highest BCUT2D eigenvalue weighted by Gasteiger charge is 2.46. The molecule has 0 radical (unpaired) electrons. The van der Waals surface area contributed by atoms with Crippen molar-refractivity contribution >= 4 is 12.0 Å². The molecular weight excluding hydrogens is 356 g/mol. The van der Waals surface area contributed by atoms with Crippen LogP contribution in [0, 0.1) is 5.41 Å². The lowest BCUT2D eigenvalue weighted by Gasteiger charge is -2.48. The molecule has 1 atom stereocenters. The first-order valence-electron chi connectivity index (χ1n) is 10.6. The van der Waals surface area contributed by atoms with Gasteiger partial charge in [-0.25, -0.2) is 4.79 Å². The van der Waals surface area contributed by atoms with E-state index in [4.69, 9.17) is 0 Å². The van der Waals surface area contributed by atoms with E-state index >= 15 is 0 Å². The maximum absolute atomic E-state index is 13.5. The highest BCUT2D eigenvalue weighted by atomic mass is 16.4. The summed E-state index contributed by atoms with van der Waals surface area (Å²) in [7, 11) is 2.17. The average molecular weight is 397 g/mol. The number of likely N-dealkylation sites (tertiary alicyclic amines) is 1. The second-order valence-electron chi connectivity index (χ2n) is 10.5. The van der Waals surface area contributed by atoms with E-state index in [0.717, 1.165) is 26.2 Å². The standard InChI is InChI=1S/C21H40N4O3/c1-20(2,3)17(25(19(27)28)21(4,5)6)18(26)24-14-12-23(13-15-24)16-8-10-22(7)11-9-16/h16-17H,8-15H2,1-7H3,(H,27,28)/t17-/m0/s1. The van der Waals surface area contributed by atoms with E-state index in [1.54, 1.807) is 0 Å². The average Bonchev–Trinajstić information content (AvgIpc) is 2.57. The van der Waals surface area contributed by atoms with E-state index in [0.29, 0.717) is 19.1 Å². The molecule has 0 aromatic heterocycles. The van der Waals surface area contributed by atoms with Gasteiger partial charge in [-0.05, 0) is 59.2 Å². The van der Waals surface area contributed by atoms with Gasteiger partial charge in [0, 0.05) is 37.8 Å². The van der Waals surface area contributed by atoms with E-state index in [1.165, 1.54) is 17.7 Å². The van der Waals surface area contributed by atoms with Crippen LogP contribution in [-0.4, -0.2) is 101 Å². The van der Waals surface area contributed by atoms with E-state index in [9.17, 15) is 14.7 Å². The molecule has 0 bridgehead atoms. The number of carbonyl (C=O) groups is 2. The van der Waals surface area contributed by atoms with Crippen molar-refractivity contribution in [2.75, 3.05) is 46.3 Å². The minimum Gasteiger partial charge on any atom is -0.465 e. The molecule has 162 valence electrons. The van der Waals surface area contributed by atoms with E-state index in [2.05, 4.69) is 16.8 Å². The van der Waals surface area contributed by atoms with Crippen molar-refractivity contribution in [1.29, 1.82) is 0 Å². The molecule has 28 heavy (non-hydrogen) atoms. The van der Waals surface area contributed by atoms with Crippen LogP contribution in [-0.2, 0) is 4.79 Å². The van der Waals surface area contributed by atoms with Crippen molar-refractivity contribution in [3.8, 4) is 0 Å². The Kier molecular flexibility index (Phi) is 7.03. The van der Waals surface area contributed by atoms with Crippen LogP contribution in [0.3, 0.4) is 0 Å². The third-order valence-corrected chi connectivity index (χ3v) is 6.07. The molecule has 0 aromatic carbocycles.